The summed E-state index contributed by atoms with van der Waals surface area (Å²) >= 11 is 1.40. The molecule has 2 heterocycles. The summed E-state index contributed by atoms with van der Waals surface area (Å²) in [4.78, 5) is 17.5. The van der Waals surface area contributed by atoms with E-state index in [1.807, 2.05) is 23.1 Å². The summed E-state index contributed by atoms with van der Waals surface area (Å²) < 4.78 is 34.5. The molecule has 0 spiro atoms. The van der Waals surface area contributed by atoms with Crippen molar-refractivity contribution >= 4 is 32.7 Å². The van der Waals surface area contributed by atoms with Gasteiger partial charge in [-0.25, -0.2) is 8.42 Å². The van der Waals surface area contributed by atoms with Crippen LogP contribution in [0, 0.1) is 0 Å². The van der Waals surface area contributed by atoms with Gasteiger partial charge in [0.25, 0.3) is 0 Å². The average molecular weight is 399 g/mol. The van der Waals surface area contributed by atoms with Gasteiger partial charge in [-0.15, -0.1) is 0 Å². The molecule has 0 N–H and O–H groups in total. The highest BCUT2D eigenvalue weighted by Gasteiger charge is 2.48. The number of carbonyl (C=O) groups is 1. The first-order valence-corrected chi connectivity index (χ1v) is 11.0. The van der Waals surface area contributed by atoms with Gasteiger partial charge in [-0.3, -0.25) is 4.79 Å². The van der Waals surface area contributed by atoms with Gasteiger partial charge in [0, 0.05) is 18.7 Å². The molecular formula is C17H22N2O5S2. The van der Waals surface area contributed by atoms with E-state index in [2.05, 4.69) is 4.99 Å². The van der Waals surface area contributed by atoms with Crippen LogP contribution in [0.1, 0.15) is 12.5 Å². The van der Waals surface area contributed by atoms with Crippen LogP contribution in [-0.4, -0.2) is 68.0 Å². The second kappa shape index (κ2) is 7.48. The summed E-state index contributed by atoms with van der Waals surface area (Å²) in [6.45, 7) is 2.00. The number of ether oxygens (including phenoxy) is 2. The number of rotatable bonds is 5. The number of aliphatic imine (C=N–C) groups is 1. The number of carbonyl (C=O) groups excluding carboxylic acids is 1. The fourth-order valence-corrected chi connectivity index (χ4v) is 7.34. The van der Waals surface area contributed by atoms with Crippen molar-refractivity contribution in [3.05, 3.63) is 23.8 Å². The second-order valence-electron chi connectivity index (χ2n) is 6.35. The van der Waals surface area contributed by atoms with Crippen LogP contribution < -0.4 is 9.47 Å². The summed E-state index contributed by atoms with van der Waals surface area (Å²) in [7, 11) is 0.143. The number of benzene rings is 1. The molecule has 2 atom stereocenters. The van der Waals surface area contributed by atoms with E-state index in [0.29, 0.717) is 29.6 Å². The molecular weight excluding hydrogens is 376 g/mol. The number of amidine groups is 1. The molecule has 26 heavy (non-hydrogen) atoms. The van der Waals surface area contributed by atoms with Crippen LogP contribution >= 0.6 is 11.8 Å². The van der Waals surface area contributed by atoms with Gasteiger partial charge in [0.05, 0.1) is 31.8 Å². The highest BCUT2D eigenvalue weighted by Crippen LogP contribution is 2.38. The standard InChI is InChI=1S/C17H22N2O5S2/c1-11(20)18-17-19(13-9-26(21,22)10-16(13)25-17)7-6-12-4-5-14(23-2)15(8-12)24-3/h4-5,8,13,16H,6-7,9-10H2,1-3H3/t13-,16-/m0/s1. The molecule has 0 radical (unpaired) electrons. The maximum Gasteiger partial charge on any atom is 0.244 e. The third-order valence-corrected chi connectivity index (χ3v) is 7.76. The van der Waals surface area contributed by atoms with Crippen LogP contribution in [-0.2, 0) is 21.1 Å². The molecule has 2 fully saturated rings. The number of methoxy groups -OCH3 is 2. The van der Waals surface area contributed by atoms with Crippen molar-refractivity contribution in [1.82, 2.24) is 4.90 Å². The quantitative estimate of drug-likeness (QED) is 0.740. The molecule has 142 valence electrons. The minimum atomic E-state index is -3.03. The molecule has 1 aromatic carbocycles. The van der Waals surface area contributed by atoms with Crippen LogP contribution in [0.5, 0.6) is 11.5 Å². The Balaban J connectivity index is 1.78. The number of sulfone groups is 1. The number of nitrogens with zero attached hydrogens (tertiary/aromatic N) is 2. The molecule has 2 aliphatic heterocycles. The van der Waals surface area contributed by atoms with Gasteiger partial charge < -0.3 is 14.4 Å². The lowest BCUT2D eigenvalue weighted by atomic mass is 10.1. The Labute approximate surface area is 157 Å². The van der Waals surface area contributed by atoms with E-state index in [0.717, 1.165) is 5.56 Å². The molecule has 0 aliphatic carbocycles. The zero-order valence-corrected chi connectivity index (χ0v) is 16.6. The number of fused-ring (bicyclic) bond motifs is 1. The van der Waals surface area contributed by atoms with Crippen LogP contribution in [0.25, 0.3) is 0 Å². The lowest BCUT2D eigenvalue weighted by Crippen LogP contribution is -2.39. The molecule has 0 saturated carbocycles. The highest BCUT2D eigenvalue weighted by molar-refractivity contribution is 8.15. The van der Waals surface area contributed by atoms with Crippen molar-refractivity contribution in [3.63, 3.8) is 0 Å². The normalized spacial score (nSPS) is 25.3. The van der Waals surface area contributed by atoms with Crippen LogP contribution in [0.2, 0.25) is 0 Å². The first-order chi connectivity index (χ1) is 12.3. The lowest BCUT2D eigenvalue weighted by Gasteiger charge is -2.24. The zero-order chi connectivity index (χ0) is 18.9. The van der Waals surface area contributed by atoms with Gasteiger partial charge >= 0.3 is 0 Å². The number of hydrogen-bond acceptors (Lipinski definition) is 6. The second-order valence-corrected chi connectivity index (χ2v) is 9.71. The molecule has 7 nitrogen and oxygen atoms in total. The van der Waals surface area contributed by atoms with Crippen molar-refractivity contribution in [2.24, 2.45) is 4.99 Å². The Hall–Kier alpha value is -1.74. The van der Waals surface area contributed by atoms with Crippen molar-refractivity contribution in [1.29, 1.82) is 0 Å². The number of hydrogen-bond donors (Lipinski definition) is 0. The number of amides is 1. The third-order valence-electron chi connectivity index (χ3n) is 4.52. The Kier molecular flexibility index (Phi) is 5.47. The lowest BCUT2D eigenvalue weighted by molar-refractivity contribution is -0.115. The van der Waals surface area contributed by atoms with Gasteiger partial charge in [0.15, 0.2) is 26.5 Å². The maximum absolute atomic E-state index is 12.0. The van der Waals surface area contributed by atoms with Gasteiger partial charge in [0.2, 0.25) is 5.91 Å². The summed E-state index contributed by atoms with van der Waals surface area (Å²) in [6, 6.07) is 5.59. The van der Waals surface area contributed by atoms with Gasteiger partial charge in [-0.05, 0) is 24.1 Å². The predicted molar refractivity (Wildman–Crippen MR) is 102 cm³/mol. The average Bonchev–Trinajstić information content (AvgIpc) is 3.03. The van der Waals surface area contributed by atoms with Gasteiger partial charge in [-0.1, -0.05) is 17.8 Å². The molecule has 0 aromatic heterocycles. The van der Waals surface area contributed by atoms with Gasteiger partial charge in [0.1, 0.15) is 0 Å². The molecule has 9 heteroatoms. The van der Waals surface area contributed by atoms with Gasteiger partial charge in [-0.2, -0.15) is 4.99 Å². The highest BCUT2D eigenvalue weighted by atomic mass is 32.2. The fourth-order valence-electron chi connectivity index (χ4n) is 3.32. The van der Waals surface area contributed by atoms with Crippen molar-refractivity contribution in [2.75, 3.05) is 32.3 Å². The van der Waals surface area contributed by atoms with E-state index in [9.17, 15) is 13.2 Å². The van der Waals surface area contributed by atoms with Crippen LogP contribution in [0.15, 0.2) is 23.2 Å². The van der Waals surface area contributed by atoms with Crippen LogP contribution in [0.4, 0.5) is 0 Å². The Morgan fingerprint density at radius 1 is 1.27 bits per heavy atom. The monoisotopic (exact) mass is 398 g/mol. The Morgan fingerprint density at radius 3 is 2.65 bits per heavy atom. The number of thioether (sulfide) groups is 1. The SMILES string of the molecule is COc1ccc(CCN2C(=NC(C)=O)S[C@H]3CS(=O)(=O)C[C@@H]32)cc1OC. The molecule has 1 aromatic rings. The van der Waals surface area contributed by atoms with E-state index in [1.54, 1.807) is 14.2 Å². The van der Waals surface area contributed by atoms with Crippen LogP contribution in [0.3, 0.4) is 0 Å². The van der Waals surface area contributed by atoms with Crippen molar-refractivity contribution in [2.45, 2.75) is 24.6 Å². The predicted octanol–water partition coefficient (Wildman–Crippen LogP) is 1.36. The van der Waals surface area contributed by atoms with Crippen molar-refractivity contribution < 1.29 is 22.7 Å². The van der Waals surface area contributed by atoms with Crippen molar-refractivity contribution in [3.8, 4) is 11.5 Å². The smallest absolute Gasteiger partial charge is 0.244 e. The summed E-state index contributed by atoms with van der Waals surface area (Å²) in [6.07, 6.45) is 0.682. The molecule has 0 bridgehead atoms. The van der Waals surface area contributed by atoms with E-state index in [4.69, 9.17) is 9.47 Å². The Bertz CT molecular complexity index is 838. The maximum atomic E-state index is 12.0. The minimum Gasteiger partial charge on any atom is -0.493 e. The molecule has 0 unspecified atom stereocenters. The largest absolute Gasteiger partial charge is 0.493 e. The summed E-state index contributed by atoms with van der Waals surface area (Å²) in [5.74, 6) is 1.31. The first kappa shape index (κ1) is 19.0. The van der Waals surface area contributed by atoms with E-state index >= 15 is 0 Å². The first-order valence-electron chi connectivity index (χ1n) is 8.27. The minimum absolute atomic E-state index is 0.0523. The zero-order valence-electron chi connectivity index (χ0n) is 15.0. The fraction of sp³-hybridized carbons (Fsp3) is 0.529. The molecule has 3 rings (SSSR count). The van der Waals surface area contributed by atoms with E-state index in [-0.39, 0.29) is 28.7 Å². The topological polar surface area (TPSA) is 85.3 Å². The summed E-state index contributed by atoms with van der Waals surface area (Å²) in [5, 5.41) is 0.575. The molecule has 1 amide bonds. The summed E-state index contributed by atoms with van der Waals surface area (Å²) in [5.41, 5.74) is 1.04. The molecule has 2 aliphatic rings. The van der Waals surface area contributed by atoms with E-state index in [1.165, 1.54) is 18.7 Å². The Morgan fingerprint density at radius 2 is 2.00 bits per heavy atom. The third kappa shape index (κ3) is 3.98. The molecule has 2 saturated heterocycles. The van der Waals surface area contributed by atoms with E-state index < -0.39 is 9.84 Å².